The largest absolute Gasteiger partial charge is 0.486 e. The van der Waals surface area contributed by atoms with Crippen molar-refractivity contribution in [3.05, 3.63) is 100 Å². The summed E-state index contributed by atoms with van der Waals surface area (Å²) in [6.07, 6.45) is 0. The maximum atomic E-state index is 13.9. The number of furan rings is 1. The Kier molecular flexibility index (Phi) is 6.04. The standard InChI is InChI=1S/C23H19ClFN3O3/c1-15-11-22(27-28(15)13-16-5-2-3-8-20(16)25)26-23(29)21-10-9-19(31-21)14-30-18-7-4-6-17(24)12-18/h2-12H,13-14H2,1H3,(H,26,27,29). The summed E-state index contributed by atoms with van der Waals surface area (Å²) in [5, 5.41) is 7.61. The van der Waals surface area contributed by atoms with E-state index in [1.165, 1.54) is 6.07 Å². The van der Waals surface area contributed by atoms with Gasteiger partial charge in [-0.3, -0.25) is 9.48 Å². The lowest BCUT2D eigenvalue weighted by Gasteiger charge is -2.05. The molecule has 1 N–H and O–H groups in total. The van der Waals surface area contributed by atoms with Crippen LogP contribution in [0.2, 0.25) is 5.02 Å². The molecule has 6 nitrogen and oxygen atoms in total. The summed E-state index contributed by atoms with van der Waals surface area (Å²) in [5.74, 6) is 0.839. The highest BCUT2D eigenvalue weighted by Crippen LogP contribution is 2.20. The lowest BCUT2D eigenvalue weighted by atomic mass is 10.2. The Hall–Kier alpha value is -3.58. The third-order valence-corrected chi connectivity index (χ3v) is 4.80. The number of anilines is 1. The molecule has 0 aliphatic rings. The normalized spacial score (nSPS) is 10.8. The summed E-state index contributed by atoms with van der Waals surface area (Å²) in [6.45, 7) is 2.26. The van der Waals surface area contributed by atoms with Gasteiger partial charge in [-0.15, -0.1) is 0 Å². The summed E-state index contributed by atoms with van der Waals surface area (Å²) in [4.78, 5) is 12.5. The van der Waals surface area contributed by atoms with Crippen molar-refractivity contribution in [3.63, 3.8) is 0 Å². The Morgan fingerprint density at radius 1 is 1.16 bits per heavy atom. The number of ether oxygens (including phenoxy) is 1. The average Bonchev–Trinajstić information content (AvgIpc) is 3.35. The number of carbonyl (C=O) groups is 1. The molecule has 0 saturated carbocycles. The Morgan fingerprint density at radius 2 is 2.00 bits per heavy atom. The van der Waals surface area contributed by atoms with Gasteiger partial charge in [-0.2, -0.15) is 5.10 Å². The second kappa shape index (κ2) is 9.06. The molecule has 4 rings (SSSR count). The van der Waals surface area contributed by atoms with Gasteiger partial charge in [-0.05, 0) is 43.3 Å². The van der Waals surface area contributed by atoms with Gasteiger partial charge in [-0.25, -0.2) is 4.39 Å². The van der Waals surface area contributed by atoms with Crippen molar-refractivity contribution in [1.29, 1.82) is 0 Å². The van der Waals surface area contributed by atoms with Crippen molar-refractivity contribution in [2.24, 2.45) is 0 Å². The van der Waals surface area contributed by atoms with E-state index in [1.807, 2.05) is 6.92 Å². The minimum atomic E-state index is -0.440. The van der Waals surface area contributed by atoms with Crippen molar-refractivity contribution in [3.8, 4) is 5.75 Å². The highest BCUT2D eigenvalue weighted by molar-refractivity contribution is 6.30. The van der Waals surface area contributed by atoms with Crippen LogP contribution >= 0.6 is 11.6 Å². The van der Waals surface area contributed by atoms with E-state index < -0.39 is 5.91 Å². The van der Waals surface area contributed by atoms with Crippen molar-refractivity contribution in [2.45, 2.75) is 20.1 Å². The van der Waals surface area contributed by atoms with Crippen LogP contribution in [0.25, 0.3) is 0 Å². The Bertz CT molecular complexity index is 1220. The molecule has 0 unspecified atom stereocenters. The molecule has 0 aliphatic carbocycles. The van der Waals surface area contributed by atoms with Crippen molar-refractivity contribution >= 4 is 23.3 Å². The van der Waals surface area contributed by atoms with E-state index >= 15 is 0 Å². The first-order valence-corrected chi connectivity index (χ1v) is 9.92. The zero-order valence-electron chi connectivity index (χ0n) is 16.6. The molecule has 2 aromatic heterocycles. The minimum Gasteiger partial charge on any atom is -0.486 e. The number of hydrogen-bond donors (Lipinski definition) is 1. The number of nitrogens with zero attached hydrogens (tertiary/aromatic N) is 2. The molecule has 0 spiro atoms. The maximum absolute atomic E-state index is 13.9. The number of amides is 1. The topological polar surface area (TPSA) is 69.3 Å². The van der Waals surface area contributed by atoms with Gasteiger partial charge in [0.05, 0.1) is 6.54 Å². The first kappa shape index (κ1) is 20.7. The van der Waals surface area contributed by atoms with E-state index in [4.69, 9.17) is 20.8 Å². The number of benzene rings is 2. The molecular weight excluding hydrogens is 421 g/mol. The molecule has 0 aliphatic heterocycles. The van der Waals surface area contributed by atoms with Gasteiger partial charge in [-0.1, -0.05) is 35.9 Å². The summed E-state index contributed by atoms with van der Waals surface area (Å²) >= 11 is 5.93. The smallest absolute Gasteiger partial charge is 0.292 e. The zero-order valence-corrected chi connectivity index (χ0v) is 17.4. The van der Waals surface area contributed by atoms with Crippen LogP contribution in [-0.2, 0) is 13.2 Å². The van der Waals surface area contributed by atoms with Crippen molar-refractivity contribution in [2.75, 3.05) is 5.32 Å². The molecule has 0 bridgehead atoms. The fourth-order valence-electron chi connectivity index (χ4n) is 2.99. The van der Waals surface area contributed by atoms with Gasteiger partial charge in [0.25, 0.3) is 5.91 Å². The zero-order chi connectivity index (χ0) is 21.8. The van der Waals surface area contributed by atoms with Gasteiger partial charge in [0.2, 0.25) is 0 Å². The van der Waals surface area contributed by atoms with Crippen molar-refractivity contribution in [1.82, 2.24) is 9.78 Å². The van der Waals surface area contributed by atoms with Crippen LogP contribution < -0.4 is 10.1 Å². The number of nitrogens with one attached hydrogen (secondary N) is 1. The van der Waals surface area contributed by atoms with Crippen LogP contribution in [0.15, 0.2) is 71.1 Å². The van der Waals surface area contributed by atoms with Crippen LogP contribution in [-0.4, -0.2) is 15.7 Å². The van der Waals surface area contributed by atoms with Crippen LogP contribution in [0.1, 0.15) is 27.6 Å². The minimum absolute atomic E-state index is 0.131. The molecule has 0 atom stereocenters. The Balaban J connectivity index is 1.38. The summed E-state index contributed by atoms with van der Waals surface area (Å²) in [5.41, 5.74) is 1.30. The van der Waals surface area contributed by atoms with Crippen LogP contribution in [0, 0.1) is 12.7 Å². The van der Waals surface area contributed by atoms with E-state index in [9.17, 15) is 9.18 Å². The first-order valence-electron chi connectivity index (χ1n) is 9.54. The highest BCUT2D eigenvalue weighted by Gasteiger charge is 2.15. The summed E-state index contributed by atoms with van der Waals surface area (Å²) < 4.78 is 26.7. The number of aryl methyl sites for hydroxylation is 1. The van der Waals surface area contributed by atoms with Gasteiger partial charge in [0, 0.05) is 22.3 Å². The van der Waals surface area contributed by atoms with Crippen molar-refractivity contribution < 1.29 is 18.3 Å². The summed E-state index contributed by atoms with van der Waals surface area (Å²) in [6, 6.07) is 18.5. The predicted octanol–water partition coefficient (Wildman–Crippen LogP) is 5.46. The molecule has 0 radical (unpaired) electrons. The molecule has 0 saturated heterocycles. The molecule has 0 fully saturated rings. The second-order valence-corrected chi connectivity index (χ2v) is 7.32. The van der Waals surface area contributed by atoms with Gasteiger partial charge < -0.3 is 14.5 Å². The number of halogens is 2. The Morgan fingerprint density at radius 3 is 2.81 bits per heavy atom. The number of carbonyl (C=O) groups excluding carboxylic acids is 1. The van der Waals surface area contributed by atoms with Gasteiger partial charge in [0.15, 0.2) is 11.6 Å². The predicted molar refractivity (Wildman–Crippen MR) is 115 cm³/mol. The third-order valence-electron chi connectivity index (χ3n) is 4.56. The molecule has 1 amide bonds. The SMILES string of the molecule is Cc1cc(NC(=O)c2ccc(COc3cccc(Cl)c3)o2)nn1Cc1ccccc1F. The number of rotatable bonds is 7. The van der Waals surface area contributed by atoms with E-state index in [0.717, 1.165) is 5.69 Å². The van der Waals surface area contributed by atoms with E-state index in [2.05, 4.69) is 10.4 Å². The van der Waals surface area contributed by atoms with E-state index in [1.54, 1.807) is 65.3 Å². The fourth-order valence-corrected chi connectivity index (χ4v) is 3.17. The average molecular weight is 440 g/mol. The highest BCUT2D eigenvalue weighted by atomic mass is 35.5. The van der Waals surface area contributed by atoms with E-state index in [0.29, 0.717) is 27.9 Å². The summed E-state index contributed by atoms with van der Waals surface area (Å²) in [7, 11) is 0. The molecular formula is C23H19ClFN3O3. The van der Waals surface area contributed by atoms with Crippen LogP contribution in [0.4, 0.5) is 10.2 Å². The monoisotopic (exact) mass is 439 g/mol. The number of hydrogen-bond acceptors (Lipinski definition) is 4. The van der Waals surface area contributed by atoms with Crippen LogP contribution in [0.3, 0.4) is 0 Å². The third kappa shape index (κ3) is 5.13. The molecule has 2 heterocycles. The lowest BCUT2D eigenvalue weighted by Crippen LogP contribution is -2.12. The lowest BCUT2D eigenvalue weighted by molar-refractivity contribution is 0.0992. The molecule has 2 aromatic carbocycles. The molecule has 31 heavy (non-hydrogen) atoms. The number of aromatic nitrogens is 2. The van der Waals surface area contributed by atoms with Gasteiger partial charge in [0.1, 0.15) is 23.9 Å². The Labute approximate surface area is 183 Å². The van der Waals surface area contributed by atoms with E-state index in [-0.39, 0.29) is 24.7 Å². The first-order chi connectivity index (χ1) is 15.0. The fraction of sp³-hybridized carbons (Fsp3) is 0.130. The van der Waals surface area contributed by atoms with Gasteiger partial charge >= 0.3 is 0 Å². The van der Waals surface area contributed by atoms with Crippen LogP contribution in [0.5, 0.6) is 5.75 Å². The molecule has 158 valence electrons. The quantitative estimate of drug-likeness (QED) is 0.415. The molecule has 4 aromatic rings. The maximum Gasteiger partial charge on any atom is 0.292 e. The molecule has 8 heteroatoms. The second-order valence-electron chi connectivity index (χ2n) is 6.89.